The van der Waals surface area contributed by atoms with Gasteiger partial charge in [-0.25, -0.2) is 4.79 Å². The van der Waals surface area contributed by atoms with Crippen molar-refractivity contribution in [3.05, 3.63) is 99.2 Å². The minimum absolute atomic E-state index is 0.0316. The van der Waals surface area contributed by atoms with E-state index in [0.717, 1.165) is 16.9 Å². The van der Waals surface area contributed by atoms with Gasteiger partial charge in [-0.2, -0.15) is 0 Å². The van der Waals surface area contributed by atoms with Gasteiger partial charge in [-0.3, -0.25) is 9.69 Å². The Morgan fingerprint density at radius 1 is 0.974 bits per heavy atom. The number of fused-ring (bicyclic) bond motifs is 1. The fourth-order valence-corrected chi connectivity index (χ4v) is 5.75. The molecule has 1 unspecified atom stereocenters. The van der Waals surface area contributed by atoms with Gasteiger partial charge in [-0.05, 0) is 58.7 Å². The van der Waals surface area contributed by atoms with Crippen LogP contribution in [0.2, 0.25) is 10.0 Å². The molecule has 5 nitrogen and oxygen atoms in total. The molecule has 2 amide bonds. The zero-order valence-electron chi connectivity index (χ0n) is 22.9. The minimum atomic E-state index is -0.628. The van der Waals surface area contributed by atoms with Crippen LogP contribution in [0.4, 0.5) is 21.9 Å². The molecule has 2 aliphatic rings. The molecule has 1 aliphatic heterocycles. The fraction of sp³-hybridized carbons (Fsp3) is 0.312. The van der Waals surface area contributed by atoms with E-state index in [-0.39, 0.29) is 22.6 Å². The Morgan fingerprint density at radius 2 is 1.67 bits per heavy atom. The highest BCUT2D eigenvalue weighted by atomic mass is 35.5. The maximum Gasteiger partial charge on any atom is 0.327 e. The van der Waals surface area contributed by atoms with E-state index in [4.69, 9.17) is 23.2 Å². The number of urea groups is 1. The van der Waals surface area contributed by atoms with E-state index in [9.17, 15) is 9.59 Å². The van der Waals surface area contributed by atoms with Gasteiger partial charge < -0.3 is 10.6 Å². The number of halogens is 2. The molecular formula is C32H33Cl2N3O2. The molecule has 3 aromatic rings. The van der Waals surface area contributed by atoms with Crippen LogP contribution < -0.4 is 15.5 Å². The molecule has 0 spiro atoms. The molecule has 0 radical (unpaired) electrons. The summed E-state index contributed by atoms with van der Waals surface area (Å²) < 4.78 is 0. The third-order valence-corrected chi connectivity index (χ3v) is 8.12. The quantitative estimate of drug-likeness (QED) is 0.327. The van der Waals surface area contributed by atoms with E-state index in [1.54, 1.807) is 23.1 Å². The summed E-state index contributed by atoms with van der Waals surface area (Å²) >= 11 is 12.4. The maximum atomic E-state index is 14.2. The van der Waals surface area contributed by atoms with Crippen molar-refractivity contribution >= 4 is 52.1 Å². The van der Waals surface area contributed by atoms with Crippen LogP contribution in [-0.2, 0) is 10.2 Å². The summed E-state index contributed by atoms with van der Waals surface area (Å²) in [7, 11) is 0. The average Bonchev–Trinajstić information content (AvgIpc) is 2.99. The van der Waals surface area contributed by atoms with E-state index in [2.05, 4.69) is 57.4 Å². The van der Waals surface area contributed by atoms with E-state index >= 15 is 0 Å². The van der Waals surface area contributed by atoms with Crippen LogP contribution in [0.15, 0.2) is 78.0 Å². The van der Waals surface area contributed by atoms with Crippen molar-refractivity contribution in [3.63, 3.8) is 0 Å². The molecule has 0 fully saturated rings. The second kappa shape index (κ2) is 10.0. The summed E-state index contributed by atoms with van der Waals surface area (Å²) in [6.45, 7) is 10.7. The van der Waals surface area contributed by atoms with Crippen LogP contribution in [0.3, 0.4) is 0 Å². The van der Waals surface area contributed by atoms with Crippen LogP contribution in [0.5, 0.6) is 0 Å². The average molecular weight is 563 g/mol. The van der Waals surface area contributed by atoms with Gasteiger partial charge in [0, 0.05) is 23.4 Å². The van der Waals surface area contributed by atoms with E-state index in [0.29, 0.717) is 39.8 Å². The number of hydrogen-bond donors (Lipinski definition) is 2. The van der Waals surface area contributed by atoms with Gasteiger partial charge in [-0.15, -0.1) is 0 Å². The molecule has 202 valence electrons. The normalized spacial score (nSPS) is 18.6. The Kier molecular flexibility index (Phi) is 7.02. The molecule has 0 saturated heterocycles. The molecule has 2 N–H and O–H groups in total. The van der Waals surface area contributed by atoms with E-state index in [1.807, 2.05) is 36.4 Å². The molecule has 1 aliphatic carbocycles. The molecule has 39 heavy (non-hydrogen) atoms. The Hall–Kier alpha value is -3.28. The first-order valence-corrected chi connectivity index (χ1v) is 13.9. The lowest BCUT2D eigenvalue weighted by atomic mass is 9.73. The highest BCUT2D eigenvalue weighted by Gasteiger charge is 2.43. The number of ketones is 1. The number of hydrogen-bond acceptors (Lipinski definition) is 3. The molecule has 7 heteroatoms. The lowest BCUT2D eigenvalue weighted by molar-refractivity contribution is -0.118. The summed E-state index contributed by atoms with van der Waals surface area (Å²) in [6, 6.07) is 19.9. The zero-order valence-corrected chi connectivity index (χ0v) is 24.4. The molecular weight excluding hydrogens is 529 g/mol. The Balaban J connectivity index is 1.70. The summed E-state index contributed by atoms with van der Waals surface area (Å²) in [6.07, 6.45) is 1.10. The molecule has 1 atom stereocenters. The van der Waals surface area contributed by atoms with Gasteiger partial charge in [0.1, 0.15) is 0 Å². The molecule has 0 aromatic heterocycles. The van der Waals surface area contributed by atoms with Crippen LogP contribution in [0.1, 0.15) is 64.6 Å². The lowest BCUT2D eigenvalue weighted by Crippen LogP contribution is -2.41. The largest absolute Gasteiger partial charge is 0.357 e. The number of anilines is 3. The van der Waals surface area contributed by atoms with Crippen molar-refractivity contribution < 1.29 is 9.59 Å². The molecule has 0 saturated carbocycles. The number of nitrogens with one attached hydrogen (secondary N) is 2. The van der Waals surface area contributed by atoms with Gasteiger partial charge in [0.25, 0.3) is 0 Å². The van der Waals surface area contributed by atoms with Crippen molar-refractivity contribution in [2.24, 2.45) is 5.41 Å². The summed E-state index contributed by atoms with van der Waals surface area (Å²) in [5, 5.41) is 7.29. The molecule has 1 heterocycles. The zero-order chi connectivity index (χ0) is 28.1. The van der Waals surface area contributed by atoms with Crippen molar-refractivity contribution in [3.8, 4) is 0 Å². The number of Topliss-reactive ketones (excluding diaryl/α,β-unsaturated/α-hetero) is 1. The van der Waals surface area contributed by atoms with Gasteiger partial charge in [0.05, 0.1) is 27.5 Å². The maximum absolute atomic E-state index is 14.2. The Labute approximate surface area is 240 Å². The predicted octanol–water partition coefficient (Wildman–Crippen LogP) is 9.14. The molecule has 3 aromatic carbocycles. The highest BCUT2D eigenvalue weighted by Crippen LogP contribution is 2.48. The van der Waals surface area contributed by atoms with Gasteiger partial charge >= 0.3 is 6.03 Å². The van der Waals surface area contributed by atoms with Gasteiger partial charge in [0.2, 0.25) is 0 Å². The fourth-order valence-electron chi connectivity index (χ4n) is 5.45. The Bertz CT molecular complexity index is 1490. The monoisotopic (exact) mass is 561 g/mol. The number of benzene rings is 3. The van der Waals surface area contributed by atoms with Crippen molar-refractivity contribution in [2.45, 2.75) is 58.9 Å². The number of allylic oxidation sites excluding steroid dienone is 1. The smallest absolute Gasteiger partial charge is 0.327 e. The first-order valence-electron chi connectivity index (χ1n) is 13.1. The predicted molar refractivity (Wildman–Crippen MR) is 161 cm³/mol. The van der Waals surface area contributed by atoms with Crippen molar-refractivity contribution in [1.82, 2.24) is 0 Å². The number of para-hydroxylation sites is 2. The number of carbonyl (C=O) groups excluding carboxylic acids is 2. The third kappa shape index (κ3) is 5.43. The van der Waals surface area contributed by atoms with Crippen molar-refractivity contribution in [1.29, 1.82) is 0 Å². The minimum Gasteiger partial charge on any atom is -0.357 e. The standard InChI is InChI=1S/C32H33Cl2N3O2/c1-31(2,3)20-12-10-19(11-13-20)29-28-25(17-32(4,5)18-27(28)38)36-24-8-6-7-9-26(24)37(29)30(39)35-21-14-15-22(33)23(34)16-21/h6-16,29,36H,17-18H2,1-5H3,(H,35,39). The number of amides is 2. The van der Waals surface area contributed by atoms with Crippen LogP contribution >= 0.6 is 23.2 Å². The number of nitrogens with zero attached hydrogens (tertiary/aromatic N) is 1. The van der Waals surface area contributed by atoms with Crippen LogP contribution in [-0.4, -0.2) is 11.8 Å². The topological polar surface area (TPSA) is 61.4 Å². The third-order valence-electron chi connectivity index (χ3n) is 7.38. The van der Waals surface area contributed by atoms with Crippen molar-refractivity contribution in [2.75, 3.05) is 15.5 Å². The van der Waals surface area contributed by atoms with Crippen LogP contribution in [0.25, 0.3) is 0 Å². The molecule has 0 bridgehead atoms. The number of rotatable bonds is 2. The van der Waals surface area contributed by atoms with E-state index in [1.165, 1.54) is 5.56 Å². The summed E-state index contributed by atoms with van der Waals surface area (Å²) in [5.41, 5.74) is 5.26. The molecule has 5 rings (SSSR count). The second-order valence-corrected chi connectivity index (χ2v) is 13.0. The first kappa shape index (κ1) is 27.3. The van der Waals surface area contributed by atoms with Gasteiger partial charge in [-0.1, -0.05) is 94.2 Å². The SMILES string of the molecule is CC1(C)CC(=O)C2=C(C1)Nc1ccccc1N(C(=O)Nc1ccc(Cl)c(Cl)c1)C2c1ccc(C(C)(C)C)cc1. The summed E-state index contributed by atoms with van der Waals surface area (Å²) in [5.74, 6) is 0.0405. The van der Waals surface area contributed by atoms with Crippen LogP contribution in [0, 0.1) is 5.41 Å². The van der Waals surface area contributed by atoms with Gasteiger partial charge in [0.15, 0.2) is 5.78 Å². The lowest BCUT2D eigenvalue weighted by Gasteiger charge is -2.37. The van der Waals surface area contributed by atoms with E-state index < -0.39 is 6.04 Å². The summed E-state index contributed by atoms with van der Waals surface area (Å²) in [4.78, 5) is 29.7. The first-order chi connectivity index (χ1) is 18.3. The highest BCUT2D eigenvalue weighted by molar-refractivity contribution is 6.42. The Morgan fingerprint density at radius 3 is 2.33 bits per heavy atom. The number of carbonyl (C=O) groups is 2. The second-order valence-electron chi connectivity index (χ2n) is 12.2.